The molecule has 2 saturated heterocycles. The summed E-state index contributed by atoms with van der Waals surface area (Å²) >= 11 is 1.76. The third-order valence-corrected chi connectivity index (χ3v) is 8.23. The SMILES string of the molecule is CC[C@]1(C)Cc2c(c(N3CCOCC3)nc3sc4c(N5CCCC5)ncnc4c23)CO1. The van der Waals surface area contributed by atoms with Gasteiger partial charge in [-0.25, -0.2) is 15.0 Å². The highest BCUT2D eigenvalue weighted by atomic mass is 32.1. The molecule has 6 rings (SSSR count). The molecule has 3 aromatic rings. The largest absolute Gasteiger partial charge is 0.378 e. The second-order valence-electron chi connectivity index (χ2n) is 9.11. The molecule has 0 bridgehead atoms. The third-order valence-electron chi connectivity index (χ3n) is 7.16. The molecule has 0 N–H and O–H groups in total. The Bertz CT molecular complexity index is 1140. The second-order valence-corrected chi connectivity index (χ2v) is 10.1. The normalized spacial score (nSPS) is 24.3. The molecular formula is C23H29N5O2S. The Balaban J connectivity index is 1.60. The van der Waals surface area contributed by atoms with Gasteiger partial charge in [-0.05, 0) is 31.7 Å². The maximum absolute atomic E-state index is 6.38. The van der Waals surface area contributed by atoms with E-state index in [0.717, 1.165) is 74.2 Å². The van der Waals surface area contributed by atoms with Crippen LogP contribution in [0.3, 0.4) is 0 Å². The van der Waals surface area contributed by atoms with Gasteiger partial charge in [0.15, 0.2) is 0 Å². The number of rotatable bonds is 3. The van der Waals surface area contributed by atoms with E-state index in [2.05, 4.69) is 23.6 Å². The van der Waals surface area contributed by atoms with Crippen LogP contribution in [0, 0.1) is 0 Å². The van der Waals surface area contributed by atoms with Gasteiger partial charge < -0.3 is 19.3 Å². The summed E-state index contributed by atoms with van der Waals surface area (Å²) in [6.07, 6.45) is 6.08. The molecule has 0 saturated carbocycles. The topological polar surface area (TPSA) is 63.6 Å². The van der Waals surface area contributed by atoms with Crippen LogP contribution in [0.4, 0.5) is 11.6 Å². The molecule has 6 heterocycles. The summed E-state index contributed by atoms with van der Waals surface area (Å²) in [4.78, 5) is 20.6. The fourth-order valence-corrected chi connectivity index (χ4v) is 6.29. The number of pyridine rings is 1. The van der Waals surface area contributed by atoms with Crippen LogP contribution in [0.5, 0.6) is 0 Å². The predicted octanol–water partition coefficient (Wildman–Crippen LogP) is 3.92. The van der Waals surface area contributed by atoms with Gasteiger partial charge in [0.25, 0.3) is 0 Å². The summed E-state index contributed by atoms with van der Waals surface area (Å²) in [5.74, 6) is 2.16. The van der Waals surface area contributed by atoms with Gasteiger partial charge >= 0.3 is 0 Å². The highest BCUT2D eigenvalue weighted by Gasteiger charge is 2.35. The van der Waals surface area contributed by atoms with Crippen molar-refractivity contribution in [1.82, 2.24) is 15.0 Å². The Hall–Kier alpha value is -2.03. The number of ether oxygens (including phenoxy) is 2. The van der Waals surface area contributed by atoms with Crippen molar-refractivity contribution in [3.05, 3.63) is 17.5 Å². The number of fused-ring (bicyclic) bond motifs is 5. The highest BCUT2D eigenvalue weighted by Crippen LogP contribution is 2.45. The minimum absolute atomic E-state index is 0.150. The molecule has 164 valence electrons. The van der Waals surface area contributed by atoms with Crippen molar-refractivity contribution >= 4 is 43.4 Å². The second kappa shape index (κ2) is 7.53. The van der Waals surface area contributed by atoms with E-state index in [0.29, 0.717) is 6.61 Å². The maximum atomic E-state index is 6.38. The van der Waals surface area contributed by atoms with Crippen molar-refractivity contribution in [2.45, 2.75) is 51.7 Å². The zero-order chi connectivity index (χ0) is 21.0. The minimum Gasteiger partial charge on any atom is -0.378 e. The van der Waals surface area contributed by atoms with Gasteiger partial charge in [0.05, 0.1) is 35.6 Å². The number of hydrogen-bond donors (Lipinski definition) is 0. The Morgan fingerprint density at radius 3 is 2.58 bits per heavy atom. The lowest BCUT2D eigenvalue weighted by Crippen LogP contribution is -2.40. The molecule has 3 aromatic heterocycles. The van der Waals surface area contributed by atoms with Gasteiger partial charge in [0, 0.05) is 43.5 Å². The maximum Gasteiger partial charge on any atom is 0.150 e. The molecule has 7 nitrogen and oxygen atoms in total. The van der Waals surface area contributed by atoms with Gasteiger partial charge in [-0.1, -0.05) is 6.92 Å². The fourth-order valence-electron chi connectivity index (χ4n) is 5.12. The van der Waals surface area contributed by atoms with Crippen LogP contribution < -0.4 is 9.80 Å². The van der Waals surface area contributed by atoms with Gasteiger partial charge in [-0.3, -0.25) is 0 Å². The number of thiophene rings is 1. The van der Waals surface area contributed by atoms with Crippen LogP contribution in [0.2, 0.25) is 0 Å². The lowest BCUT2D eigenvalue weighted by molar-refractivity contribution is -0.0558. The molecule has 0 aliphatic carbocycles. The van der Waals surface area contributed by atoms with Crippen LogP contribution >= 0.6 is 11.3 Å². The molecule has 8 heteroatoms. The van der Waals surface area contributed by atoms with E-state index in [9.17, 15) is 0 Å². The molecule has 0 amide bonds. The summed E-state index contributed by atoms with van der Waals surface area (Å²) in [7, 11) is 0. The first-order valence-electron chi connectivity index (χ1n) is 11.5. The molecule has 1 atom stereocenters. The van der Waals surface area contributed by atoms with Gasteiger partial charge in [-0.2, -0.15) is 0 Å². The van der Waals surface area contributed by atoms with Gasteiger partial charge in [0.2, 0.25) is 0 Å². The monoisotopic (exact) mass is 439 g/mol. The van der Waals surface area contributed by atoms with Crippen molar-refractivity contribution in [2.75, 3.05) is 49.2 Å². The number of anilines is 2. The fraction of sp³-hybridized carbons (Fsp3) is 0.609. The van der Waals surface area contributed by atoms with Crippen LogP contribution in [0.1, 0.15) is 44.2 Å². The van der Waals surface area contributed by atoms with E-state index >= 15 is 0 Å². The first-order chi connectivity index (χ1) is 15.2. The first-order valence-corrected chi connectivity index (χ1v) is 12.3. The lowest BCUT2D eigenvalue weighted by atomic mass is 9.87. The van der Waals surface area contributed by atoms with Crippen molar-refractivity contribution in [3.63, 3.8) is 0 Å². The predicted molar refractivity (Wildman–Crippen MR) is 124 cm³/mol. The van der Waals surface area contributed by atoms with E-state index in [-0.39, 0.29) is 5.60 Å². The summed E-state index contributed by atoms with van der Waals surface area (Å²) in [5, 5.41) is 1.22. The van der Waals surface area contributed by atoms with E-state index in [1.807, 2.05) is 0 Å². The summed E-state index contributed by atoms with van der Waals surface area (Å²) in [5.41, 5.74) is 3.53. The van der Waals surface area contributed by atoms with Crippen molar-refractivity contribution in [1.29, 1.82) is 0 Å². The zero-order valence-corrected chi connectivity index (χ0v) is 19.1. The standard InChI is InChI=1S/C23H29N5O2S/c1-3-23(2)12-15-16(13-30-23)20(28-8-10-29-11-9-28)26-22-17(15)18-19(31-22)21(25-14-24-18)27-6-4-5-7-27/h14H,3-13H2,1-2H3/t23-/m1/s1. The molecular weight excluding hydrogens is 410 g/mol. The van der Waals surface area contributed by atoms with Crippen molar-refractivity contribution in [2.24, 2.45) is 0 Å². The average Bonchev–Trinajstić information content (AvgIpc) is 3.47. The zero-order valence-electron chi connectivity index (χ0n) is 18.3. The number of nitrogens with zero attached hydrogens (tertiary/aromatic N) is 5. The van der Waals surface area contributed by atoms with Crippen LogP contribution in [-0.4, -0.2) is 59.9 Å². The van der Waals surface area contributed by atoms with E-state index in [1.54, 1.807) is 17.7 Å². The van der Waals surface area contributed by atoms with Gasteiger partial charge in [0.1, 0.15) is 22.8 Å². The third kappa shape index (κ3) is 3.18. The molecule has 2 fully saturated rings. The smallest absolute Gasteiger partial charge is 0.150 e. The molecule has 0 aromatic carbocycles. The quantitative estimate of drug-likeness (QED) is 0.613. The number of morpholine rings is 1. The van der Waals surface area contributed by atoms with Gasteiger partial charge in [-0.15, -0.1) is 11.3 Å². The van der Waals surface area contributed by atoms with Crippen LogP contribution in [0.15, 0.2) is 6.33 Å². The molecule has 3 aliphatic heterocycles. The van der Waals surface area contributed by atoms with E-state index in [4.69, 9.17) is 24.4 Å². The molecule has 3 aliphatic rings. The summed E-state index contributed by atoms with van der Waals surface area (Å²) < 4.78 is 13.2. The van der Waals surface area contributed by atoms with Crippen molar-refractivity contribution in [3.8, 4) is 0 Å². The Morgan fingerprint density at radius 2 is 1.81 bits per heavy atom. The molecule has 0 unspecified atom stereocenters. The summed E-state index contributed by atoms with van der Waals surface area (Å²) in [6, 6.07) is 0. The highest BCUT2D eigenvalue weighted by molar-refractivity contribution is 7.26. The lowest BCUT2D eigenvalue weighted by Gasteiger charge is -2.37. The minimum atomic E-state index is -0.150. The average molecular weight is 440 g/mol. The molecule has 0 radical (unpaired) electrons. The Kier molecular flexibility index (Phi) is 4.77. The summed E-state index contributed by atoms with van der Waals surface area (Å²) in [6.45, 7) is 10.5. The Morgan fingerprint density at radius 1 is 1.03 bits per heavy atom. The van der Waals surface area contributed by atoms with E-state index < -0.39 is 0 Å². The number of hydrogen-bond acceptors (Lipinski definition) is 8. The van der Waals surface area contributed by atoms with Crippen LogP contribution in [-0.2, 0) is 22.5 Å². The van der Waals surface area contributed by atoms with Crippen molar-refractivity contribution < 1.29 is 9.47 Å². The van der Waals surface area contributed by atoms with E-state index in [1.165, 1.54) is 34.1 Å². The Labute approximate surface area is 186 Å². The van der Waals surface area contributed by atoms with Crippen LogP contribution in [0.25, 0.3) is 20.4 Å². The molecule has 31 heavy (non-hydrogen) atoms. The molecule has 0 spiro atoms. The first kappa shape index (κ1) is 19.6. The number of aromatic nitrogens is 3.